The molecule has 3 aromatic rings. The Hall–Kier alpha value is -3.25. The Morgan fingerprint density at radius 1 is 0.941 bits per heavy atom. The van der Waals surface area contributed by atoms with Crippen LogP contribution in [0.3, 0.4) is 0 Å². The van der Waals surface area contributed by atoms with Gasteiger partial charge in [-0.25, -0.2) is 17.4 Å². The van der Waals surface area contributed by atoms with Gasteiger partial charge in [-0.15, -0.1) is 13.2 Å². The average Bonchev–Trinajstić information content (AvgIpc) is 3.58. The van der Waals surface area contributed by atoms with Crippen molar-refractivity contribution in [2.75, 3.05) is 9.62 Å². The summed E-state index contributed by atoms with van der Waals surface area (Å²) in [5, 5.41) is 2.46. The highest BCUT2D eigenvalue weighted by molar-refractivity contribution is 7.80. The summed E-state index contributed by atoms with van der Waals surface area (Å²) in [7, 11) is 0. The molecule has 0 bridgehead atoms. The van der Waals surface area contributed by atoms with Gasteiger partial charge in [-0.3, -0.25) is 8.86 Å². The fourth-order valence-corrected chi connectivity index (χ4v) is 4.13. The predicted molar refractivity (Wildman–Crippen MR) is 114 cm³/mol. The second-order valence-corrected chi connectivity index (χ2v) is 8.29. The molecule has 0 aromatic heterocycles. The minimum absolute atomic E-state index is 0.106. The van der Waals surface area contributed by atoms with Crippen molar-refractivity contribution in [1.29, 1.82) is 0 Å². The van der Waals surface area contributed by atoms with Gasteiger partial charge in [0.1, 0.15) is 17.3 Å². The van der Waals surface area contributed by atoms with Crippen LogP contribution in [0, 0.1) is 17.5 Å². The van der Waals surface area contributed by atoms with Gasteiger partial charge in [0, 0.05) is 6.04 Å². The summed E-state index contributed by atoms with van der Waals surface area (Å²) in [5.41, 5.74) is -0.169. The molecule has 1 atom stereocenters. The van der Waals surface area contributed by atoms with Crippen LogP contribution in [-0.4, -0.2) is 21.2 Å². The first kappa shape index (κ1) is 23.9. The second kappa shape index (κ2) is 9.18. The molecule has 1 unspecified atom stereocenters. The van der Waals surface area contributed by atoms with Crippen molar-refractivity contribution in [2.24, 2.45) is 0 Å². The molecular formula is C22H16F6N2O3S. The minimum Gasteiger partial charge on any atom is -0.406 e. The summed E-state index contributed by atoms with van der Waals surface area (Å²) >= 11 is -2.52. The Morgan fingerprint density at radius 3 is 2.15 bits per heavy atom. The quantitative estimate of drug-likeness (QED) is 0.285. The molecule has 1 fully saturated rings. The zero-order valence-electron chi connectivity index (χ0n) is 17.1. The van der Waals surface area contributed by atoms with Crippen LogP contribution >= 0.6 is 0 Å². The lowest BCUT2D eigenvalue weighted by atomic mass is 10.0. The highest BCUT2D eigenvalue weighted by atomic mass is 32.2. The number of nitrogens with one attached hydrogen (secondary N) is 1. The fourth-order valence-electron chi connectivity index (χ4n) is 3.34. The van der Waals surface area contributed by atoms with Gasteiger partial charge in [0.15, 0.2) is 11.6 Å². The van der Waals surface area contributed by atoms with Crippen LogP contribution in [-0.2, 0) is 11.3 Å². The smallest absolute Gasteiger partial charge is 0.406 e. The van der Waals surface area contributed by atoms with Crippen molar-refractivity contribution < 1.29 is 39.8 Å². The Morgan fingerprint density at radius 2 is 1.59 bits per heavy atom. The fraction of sp³-hybridized carbons (Fsp3) is 0.182. The summed E-state index contributed by atoms with van der Waals surface area (Å²) in [6, 6.07) is 10.1. The lowest BCUT2D eigenvalue weighted by Crippen LogP contribution is -2.28. The number of halogens is 6. The van der Waals surface area contributed by atoms with Gasteiger partial charge in [0.2, 0.25) is 0 Å². The number of benzene rings is 3. The van der Waals surface area contributed by atoms with E-state index in [1.54, 1.807) is 0 Å². The topological polar surface area (TPSA) is 61.8 Å². The number of nitrogens with zero attached hydrogens (tertiary/aromatic N) is 1. The van der Waals surface area contributed by atoms with Crippen molar-refractivity contribution in [1.82, 2.24) is 0 Å². The first-order valence-electron chi connectivity index (χ1n) is 9.84. The zero-order valence-corrected chi connectivity index (χ0v) is 17.9. The van der Waals surface area contributed by atoms with E-state index in [0.29, 0.717) is 24.0 Å². The van der Waals surface area contributed by atoms with Crippen LogP contribution in [0.2, 0.25) is 0 Å². The van der Waals surface area contributed by atoms with E-state index in [-0.39, 0.29) is 17.4 Å². The highest BCUT2D eigenvalue weighted by Crippen LogP contribution is 2.40. The Bertz CT molecular complexity index is 1230. The number of alkyl halides is 3. The molecule has 0 saturated heterocycles. The summed E-state index contributed by atoms with van der Waals surface area (Å²) in [4.78, 5) is 0. The maximum absolute atomic E-state index is 14.8. The standard InChI is InChI=1S/C22H16F6N2O3S/c23-16-8-10-19(30(34(31)32)14-4-5-14)21(20(16)25)29-18-9-3-13(11-17(18)24)12-1-6-15(7-2-12)33-22(26,27)28/h1-3,6-11,14,29H,4-5H2,(H,31,32). The number of hydrogen-bond donors (Lipinski definition) is 2. The van der Waals surface area contributed by atoms with Crippen LogP contribution in [0.4, 0.5) is 43.4 Å². The maximum atomic E-state index is 14.8. The van der Waals surface area contributed by atoms with Crippen molar-refractivity contribution in [3.63, 3.8) is 0 Å². The van der Waals surface area contributed by atoms with Crippen LogP contribution in [0.25, 0.3) is 11.1 Å². The van der Waals surface area contributed by atoms with Gasteiger partial charge in [0.05, 0.1) is 11.4 Å². The van der Waals surface area contributed by atoms with Crippen LogP contribution in [0.1, 0.15) is 12.8 Å². The van der Waals surface area contributed by atoms with E-state index >= 15 is 0 Å². The van der Waals surface area contributed by atoms with Gasteiger partial charge in [-0.05, 0) is 60.4 Å². The number of hydrogen-bond acceptors (Lipinski definition) is 3. The summed E-state index contributed by atoms with van der Waals surface area (Å²) < 4.78 is 107. The first-order chi connectivity index (χ1) is 16.0. The molecule has 5 nitrogen and oxygen atoms in total. The molecule has 34 heavy (non-hydrogen) atoms. The normalized spacial score (nSPS) is 14.6. The molecule has 0 aliphatic heterocycles. The van der Waals surface area contributed by atoms with Gasteiger partial charge in [-0.1, -0.05) is 18.2 Å². The number of ether oxygens (including phenoxy) is 1. The number of rotatable bonds is 7. The van der Waals surface area contributed by atoms with E-state index < -0.39 is 46.5 Å². The van der Waals surface area contributed by atoms with E-state index in [9.17, 15) is 35.1 Å². The molecule has 180 valence electrons. The van der Waals surface area contributed by atoms with E-state index in [1.165, 1.54) is 24.3 Å². The number of anilines is 3. The van der Waals surface area contributed by atoms with E-state index in [1.807, 2.05) is 0 Å². The molecule has 0 heterocycles. The third-order valence-corrected chi connectivity index (χ3v) is 5.84. The Kier molecular flexibility index (Phi) is 6.45. The average molecular weight is 502 g/mol. The second-order valence-electron chi connectivity index (χ2n) is 7.43. The molecule has 12 heteroatoms. The summed E-state index contributed by atoms with van der Waals surface area (Å²) in [6.45, 7) is 0. The predicted octanol–water partition coefficient (Wildman–Crippen LogP) is 6.52. The van der Waals surface area contributed by atoms with Gasteiger partial charge >= 0.3 is 6.36 Å². The van der Waals surface area contributed by atoms with Crippen LogP contribution < -0.4 is 14.4 Å². The van der Waals surface area contributed by atoms with Gasteiger partial charge < -0.3 is 10.1 Å². The van der Waals surface area contributed by atoms with Gasteiger partial charge in [-0.2, -0.15) is 0 Å². The third-order valence-electron chi connectivity index (χ3n) is 5.01. The maximum Gasteiger partial charge on any atom is 0.573 e. The third kappa shape index (κ3) is 5.28. The lowest BCUT2D eigenvalue weighted by Gasteiger charge is -2.23. The summed E-state index contributed by atoms with van der Waals surface area (Å²) in [6.07, 6.45) is -3.68. The van der Waals surface area contributed by atoms with Crippen LogP contribution in [0.15, 0.2) is 54.6 Å². The largest absolute Gasteiger partial charge is 0.573 e. The molecular weight excluding hydrogens is 486 g/mol. The molecule has 3 aromatic carbocycles. The minimum atomic E-state index is -4.84. The Balaban J connectivity index is 1.63. The molecule has 1 aliphatic rings. The van der Waals surface area contributed by atoms with Gasteiger partial charge in [0.25, 0.3) is 11.3 Å². The lowest BCUT2D eigenvalue weighted by molar-refractivity contribution is -0.274. The molecule has 0 amide bonds. The molecule has 1 saturated carbocycles. The van der Waals surface area contributed by atoms with E-state index in [2.05, 4.69) is 10.1 Å². The van der Waals surface area contributed by atoms with Crippen molar-refractivity contribution >= 4 is 28.3 Å². The molecule has 2 N–H and O–H groups in total. The van der Waals surface area contributed by atoms with E-state index in [4.69, 9.17) is 0 Å². The molecule has 0 radical (unpaired) electrons. The summed E-state index contributed by atoms with van der Waals surface area (Å²) in [5.74, 6) is -3.89. The van der Waals surface area contributed by atoms with Crippen molar-refractivity contribution in [3.05, 3.63) is 72.0 Å². The first-order valence-corrected chi connectivity index (χ1v) is 10.9. The Labute approximate surface area is 192 Å². The van der Waals surface area contributed by atoms with Crippen molar-refractivity contribution in [2.45, 2.75) is 25.2 Å². The monoisotopic (exact) mass is 502 g/mol. The van der Waals surface area contributed by atoms with E-state index in [0.717, 1.165) is 34.6 Å². The molecule has 4 rings (SSSR count). The molecule has 0 spiro atoms. The highest BCUT2D eigenvalue weighted by Gasteiger charge is 2.35. The zero-order chi connectivity index (χ0) is 24.6. The van der Waals surface area contributed by atoms with Crippen LogP contribution in [0.5, 0.6) is 5.75 Å². The molecule has 1 aliphatic carbocycles. The van der Waals surface area contributed by atoms with Crippen molar-refractivity contribution in [3.8, 4) is 16.9 Å². The SMILES string of the molecule is O=S(O)N(c1ccc(F)c(F)c1Nc1ccc(-c2ccc(OC(F)(F)F)cc2)cc1F)C1CC1.